The van der Waals surface area contributed by atoms with E-state index in [1.807, 2.05) is 31.2 Å². The lowest BCUT2D eigenvalue weighted by molar-refractivity contribution is 0.0944. The summed E-state index contributed by atoms with van der Waals surface area (Å²) in [5.41, 5.74) is 2.03. The van der Waals surface area contributed by atoms with Gasteiger partial charge in [-0.05, 0) is 31.5 Å². The lowest BCUT2D eigenvalue weighted by Gasteiger charge is -2.11. The fraction of sp³-hybridized carbons (Fsp3) is 0.273. The van der Waals surface area contributed by atoms with Gasteiger partial charge in [-0.15, -0.1) is 0 Å². The summed E-state index contributed by atoms with van der Waals surface area (Å²) in [6.07, 6.45) is 0.757. The summed E-state index contributed by atoms with van der Waals surface area (Å²) >= 11 is 0. The van der Waals surface area contributed by atoms with Gasteiger partial charge in [-0.3, -0.25) is 9.59 Å². The van der Waals surface area contributed by atoms with Crippen molar-refractivity contribution in [1.82, 2.24) is 24.6 Å². The number of aromatic nitrogens is 4. The van der Waals surface area contributed by atoms with Gasteiger partial charge in [0.2, 0.25) is 0 Å². The topological polar surface area (TPSA) is 81.8 Å². The summed E-state index contributed by atoms with van der Waals surface area (Å²) in [4.78, 5) is 30.2. The van der Waals surface area contributed by atoms with Crippen molar-refractivity contribution < 1.29 is 4.79 Å². The zero-order chi connectivity index (χ0) is 20.4. The third-order valence-corrected chi connectivity index (χ3v) is 4.98. The van der Waals surface area contributed by atoms with Crippen LogP contribution >= 0.6 is 0 Å². The van der Waals surface area contributed by atoms with Crippen LogP contribution in [0.4, 0.5) is 0 Å². The molecule has 0 fully saturated rings. The number of imidazole rings is 1. The second-order valence-corrected chi connectivity index (χ2v) is 6.87. The zero-order valence-electron chi connectivity index (χ0n) is 16.6. The summed E-state index contributed by atoms with van der Waals surface area (Å²) in [6, 6.07) is 15.0. The SMILES string of the molecule is CCCn1nc(C(=O)NCc2nc3ccccc3n2CC)c2ccccc2c1=O. The highest BCUT2D eigenvalue weighted by molar-refractivity contribution is 6.04. The van der Waals surface area contributed by atoms with Crippen LogP contribution < -0.4 is 10.9 Å². The standard InChI is InChI=1S/C22H23N5O2/c1-3-13-27-22(29)16-10-6-5-9-15(16)20(25-27)21(28)23-14-19-24-17-11-7-8-12-18(17)26(19)4-2/h5-12H,3-4,13-14H2,1-2H3,(H,23,28). The first kappa shape index (κ1) is 18.9. The largest absolute Gasteiger partial charge is 0.343 e. The molecule has 4 rings (SSSR count). The van der Waals surface area contributed by atoms with E-state index in [2.05, 4.69) is 26.9 Å². The minimum Gasteiger partial charge on any atom is -0.343 e. The number of hydrogen-bond donors (Lipinski definition) is 1. The van der Waals surface area contributed by atoms with E-state index in [1.165, 1.54) is 4.68 Å². The Bertz CT molecular complexity index is 1260. The molecule has 0 spiro atoms. The molecule has 0 saturated heterocycles. The van der Waals surface area contributed by atoms with E-state index in [0.717, 1.165) is 29.8 Å². The van der Waals surface area contributed by atoms with E-state index < -0.39 is 0 Å². The Kier molecular flexibility index (Phi) is 5.12. The Hall–Kier alpha value is -3.48. The van der Waals surface area contributed by atoms with Crippen LogP contribution in [0.5, 0.6) is 0 Å². The lowest BCUT2D eigenvalue weighted by atomic mass is 10.1. The number of carbonyl (C=O) groups is 1. The molecule has 0 radical (unpaired) electrons. The van der Waals surface area contributed by atoms with E-state index in [4.69, 9.17) is 0 Å². The van der Waals surface area contributed by atoms with Gasteiger partial charge in [0.05, 0.1) is 23.0 Å². The number of fused-ring (bicyclic) bond motifs is 2. The number of carbonyl (C=O) groups excluding carboxylic acids is 1. The van der Waals surface area contributed by atoms with Gasteiger partial charge in [0.25, 0.3) is 11.5 Å². The molecule has 0 atom stereocenters. The van der Waals surface area contributed by atoms with Gasteiger partial charge in [0.1, 0.15) is 5.82 Å². The summed E-state index contributed by atoms with van der Waals surface area (Å²) in [6.45, 7) is 5.53. The van der Waals surface area contributed by atoms with Crippen molar-refractivity contribution in [1.29, 1.82) is 0 Å². The van der Waals surface area contributed by atoms with Gasteiger partial charge >= 0.3 is 0 Å². The number of para-hydroxylation sites is 2. The summed E-state index contributed by atoms with van der Waals surface area (Å²) in [7, 11) is 0. The van der Waals surface area contributed by atoms with Crippen LogP contribution in [-0.2, 0) is 19.6 Å². The Morgan fingerprint density at radius 2 is 1.76 bits per heavy atom. The third-order valence-electron chi connectivity index (χ3n) is 4.98. The Morgan fingerprint density at radius 1 is 1.03 bits per heavy atom. The van der Waals surface area contributed by atoms with Crippen LogP contribution in [-0.4, -0.2) is 25.2 Å². The number of hydrogen-bond acceptors (Lipinski definition) is 4. The minimum absolute atomic E-state index is 0.174. The van der Waals surface area contributed by atoms with Crippen molar-refractivity contribution in [2.75, 3.05) is 0 Å². The van der Waals surface area contributed by atoms with Crippen molar-refractivity contribution >= 4 is 27.7 Å². The predicted molar refractivity (Wildman–Crippen MR) is 113 cm³/mol. The summed E-state index contributed by atoms with van der Waals surface area (Å²) < 4.78 is 3.46. The summed E-state index contributed by atoms with van der Waals surface area (Å²) in [5, 5.41) is 8.35. The molecule has 1 amide bonds. The Labute approximate surface area is 168 Å². The molecule has 0 unspecified atom stereocenters. The van der Waals surface area contributed by atoms with E-state index in [1.54, 1.807) is 24.3 Å². The molecule has 0 aliphatic carbocycles. The maximum atomic E-state index is 13.0. The van der Waals surface area contributed by atoms with E-state index in [9.17, 15) is 9.59 Å². The number of rotatable bonds is 6. The highest BCUT2D eigenvalue weighted by Gasteiger charge is 2.17. The van der Waals surface area contributed by atoms with E-state index >= 15 is 0 Å². The molecule has 29 heavy (non-hydrogen) atoms. The van der Waals surface area contributed by atoms with Crippen molar-refractivity contribution in [2.45, 2.75) is 39.9 Å². The highest BCUT2D eigenvalue weighted by Crippen LogP contribution is 2.17. The third kappa shape index (κ3) is 3.40. The molecular formula is C22H23N5O2. The molecule has 0 saturated carbocycles. The average Bonchev–Trinajstić information content (AvgIpc) is 3.11. The van der Waals surface area contributed by atoms with Crippen molar-refractivity contribution in [2.24, 2.45) is 0 Å². The quantitative estimate of drug-likeness (QED) is 0.549. The minimum atomic E-state index is -0.319. The van der Waals surface area contributed by atoms with E-state index in [0.29, 0.717) is 17.3 Å². The van der Waals surface area contributed by atoms with Gasteiger partial charge < -0.3 is 9.88 Å². The van der Waals surface area contributed by atoms with Gasteiger partial charge in [0, 0.05) is 18.5 Å². The smallest absolute Gasteiger partial charge is 0.274 e. The van der Waals surface area contributed by atoms with Gasteiger partial charge in [-0.25, -0.2) is 9.67 Å². The highest BCUT2D eigenvalue weighted by atomic mass is 16.2. The molecule has 0 bridgehead atoms. The first-order chi connectivity index (χ1) is 14.1. The molecule has 0 aliphatic heterocycles. The van der Waals surface area contributed by atoms with Crippen molar-refractivity contribution in [3.63, 3.8) is 0 Å². The molecule has 2 heterocycles. The molecular weight excluding hydrogens is 366 g/mol. The lowest BCUT2D eigenvalue weighted by Crippen LogP contribution is -2.31. The molecule has 2 aromatic carbocycles. The van der Waals surface area contributed by atoms with E-state index in [-0.39, 0.29) is 23.7 Å². The van der Waals surface area contributed by atoms with Crippen LogP contribution in [0.2, 0.25) is 0 Å². The van der Waals surface area contributed by atoms with Crippen molar-refractivity contribution in [3.05, 3.63) is 70.4 Å². The maximum Gasteiger partial charge on any atom is 0.274 e. The van der Waals surface area contributed by atoms with Crippen LogP contribution in [0.1, 0.15) is 36.6 Å². The Balaban J connectivity index is 1.68. The molecule has 4 aromatic rings. The van der Waals surface area contributed by atoms with Crippen LogP contribution in [0.25, 0.3) is 21.8 Å². The molecule has 7 heteroatoms. The predicted octanol–water partition coefficient (Wildman–Crippen LogP) is 3.11. The second kappa shape index (κ2) is 7.87. The van der Waals surface area contributed by atoms with Gasteiger partial charge in [-0.1, -0.05) is 37.3 Å². The number of amides is 1. The van der Waals surface area contributed by atoms with Crippen LogP contribution in [0, 0.1) is 0 Å². The van der Waals surface area contributed by atoms with Crippen molar-refractivity contribution in [3.8, 4) is 0 Å². The zero-order valence-corrected chi connectivity index (χ0v) is 16.6. The Morgan fingerprint density at radius 3 is 2.52 bits per heavy atom. The normalized spacial score (nSPS) is 11.2. The number of nitrogens with zero attached hydrogens (tertiary/aromatic N) is 4. The number of nitrogens with one attached hydrogen (secondary N) is 1. The molecule has 7 nitrogen and oxygen atoms in total. The first-order valence-electron chi connectivity index (χ1n) is 9.86. The molecule has 0 aliphatic rings. The average molecular weight is 389 g/mol. The van der Waals surface area contributed by atoms with Gasteiger partial charge in [-0.2, -0.15) is 5.10 Å². The molecule has 1 N–H and O–H groups in total. The monoisotopic (exact) mass is 389 g/mol. The van der Waals surface area contributed by atoms with Crippen LogP contribution in [0.15, 0.2) is 53.3 Å². The fourth-order valence-corrected chi connectivity index (χ4v) is 3.62. The fourth-order valence-electron chi connectivity index (χ4n) is 3.62. The molecule has 148 valence electrons. The summed E-state index contributed by atoms with van der Waals surface area (Å²) in [5.74, 6) is 0.467. The van der Waals surface area contributed by atoms with Crippen LogP contribution in [0.3, 0.4) is 0 Å². The maximum absolute atomic E-state index is 13.0. The second-order valence-electron chi connectivity index (χ2n) is 6.87. The number of aryl methyl sites for hydroxylation is 2. The molecule has 2 aromatic heterocycles. The van der Waals surface area contributed by atoms with Gasteiger partial charge in [0.15, 0.2) is 5.69 Å². The number of benzene rings is 2. The first-order valence-corrected chi connectivity index (χ1v) is 9.86.